The Bertz CT molecular complexity index is 417. The lowest BCUT2D eigenvalue weighted by Crippen LogP contribution is -2.25. The number of nitrogens with zero attached hydrogens (tertiary/aromatic N) is 1. The number of halogens is 6. The Morgan fingerprint density at radius 2 is 1.60 bits per heavy atom. The van der Waals surface area contributed by atoms with Crippen molar-refractivity contribution in [1.82, 2.24) is 9.97 Å². The van der Waals surface area contributed by atoms with Gasteiger partial charge in [0.2, 0.25) is 0 Å². The summed E-state index contributed by atoms with van der Waals surface area (Å²) < 4.78 is 72.2. The van der Waals surface area contributed by atoms with Gasteiger partial charge in [0.15, 0.2) is 11.4 Å². The summed E-state index contributed by atoms with van der Waals surface area (Å²) in [6, 6.07) is 0. The van der Waals surface area contributed by atoms with Crippen LogP contribution < -0.4 is 5.56 Å². The lowest BCUT2D eigenvalue weighted by Gasteiger charge is -2.12. The van der Waals surface area contributed by atoms with Crippen LogP contribution in [0.1, 0.15) is 11.4 Å². The van der Waals surface area contributed by atoms with E-state index in [9.17, 15) is 31.1 Å². The van der Waals surface area contributed by atoms with Gasteiger partial charge >= 0.3 is 12.4 Å². The second-order valence-corrected chi connectivity index (χ2v) is 2.47. The van der Waals surface area contributed by atoms with E-state index in [0.29, 0.717) is 0 Å². The Balaban J connectivity index is 3.48. The number of hydrogen-bond acceptors (Lipinski definition) is 2. The van der Waals surface area contributed by atoms with Crippen molar-refractivity contribution in [2.45, 2.75) is 12.4 Å². The molecule has 9 heteroatoms. The van der Waals surface area contributed by atoms with Crippen LogP contribution >= 0.6 is 0 Å². The van der Waals surface area contributed by atoms with Gasteiger partial charge in [0.05, 0.1) is 6.20 Å². The van der Waals surface area contributed by atoms with Crippen LogP contribution in [0, 0.1) is 0 Å². The average molecular weight is 232 g/mol. The van der Waals surface area contributed by atoms with Gasteiger partial charge in [0, 0.05) is 0 Å². The molecule has 0 aliphatic rings. The highest BCUT2D eigenvalue weighted by Crippen LogP contribution is 2.36. The smallest absolute Gasteiger partial charge is 0.315 e. The fourth-order valence-corrected chi connectivity index (χ4v) is 0.822. The standard InChI is InChI=1S/C6H2F6N2O/c7-5(8,9)3-4(6(10,11)12)14-2(15)1-13-3/h1H,(H,14,15). The molecule has 0 aliphatic carbocycles. The molecule has 3 nitrogen and oxygen atoms in total. The predicted molar refractivity (Wildman–Crippen MR) is 34.9 cm³/mol. The van der Waals surface area contributed by atoms with Gasteiger partial charge in [-0.1, -0.05) is 0 Å². The average Bonchev–Trinajstić information content (AvgIpc) is 2.00. The summed E-state index contributed by atoms with van der Waals surface area (Å²) in [5.41, 5.74) is -5.70. The van der Waals surface area contributed by atoms with Crippen molar-refractivity contribution in [3.63, 3.8) is 0 Å². The number of aromatic amines is 1. The summed E-state index contributed by atoms with van der Waals surface area (Å²) in [5.74, 6) is 0. The van der Waals surface area contributed by atoms with E-state index in [2.05, 4.69) is 4.98 Å². The van der Waals surface area contributed by atoms with E-state index in [4.69, 9.17) is 0 Å². The van der Waals surface area contributed by atoms with E-state index < -0.39 is 29.3 Å². The molecule has 0 aromatic carbocycles. The van der Waals surface area contributed by atoms with Crippen molar-refractivity contribution in [2.75, 3.05) is 0 Å². The fourth-order valence-electron chi connectivity index (χ4n) is 0.822. The van der Waals surface area contributed by atoms with Gasteiger partial charge in [-0.15, -0.1) is 0 Å². The molecular weight excluding hydrogens is 230 g/mol. The van der Waals surface area contributed by atoms with Crippen LogP contribution in [0.5, 0.6) is 0 Å². The van der Waals surface area contributed by atoms with E-state index in [0.717, 1.165) is 4.98 Å². The second kappa shape index (κ2) is 3.24. The van der Waals surface area contributed by atoms with Crippen molar-refractivity contribution >= 4 is 0 Å². The Labute approximate surface area is 77.8 Å². The van der Waals surface area contributed by atoms with Gasteiger partial charge < -0.3 is 4.98 Å². The van der Waals surface area contributed by atoms with Crippen molar-refractivity contribution in [2.24, 2.45) is 0 Å². The molecule has 0 saturated carbocycles. The molecule has 1 aromatic heterocycles. The molecule has 0 radical (unpaired) electrons. The Morgan fingerprint density at radius 3 is 2.00 bits per heavy atom. The van der Waals surface area contributed by atoms with Gasteiger partial charge in [-0.25, -0.2) is 4.98 Å². The highest BCUT2D eigenvalue weighted by Gasteiger charge is 2.45. The van der Waals surface area contributed by atoms with Crippen LogP contribution in [0.15, 0.2) is 11.0 Å². The van der Waals surface area contributed by atoms with Crippen LogP contribution in [0.3, 0.4) is 0 Å². The molecule has 1 N–H and O–H groups in total. The highest BCUT2D eigenvalue weighted by atomic mass is 19.4. The summed E-state index contributed by atoms with van der Waals surface area (Å²) in [7, 11) is 0. The first-order chi connectivity index (χ1) is 6.62. The molecule has 0 spiro atoms. The first-order valence-electron chi connectivity index (χ1n) is 3.36. The Hall–Kier alpha value is -1.54. The predicted octanol–water partition coefficient (Wildman–Crippen LogP) is 1.81. The van der Waals surface area contributed by atoms with Crippen LogP contribution in [-0.4, -0.2) is 9.97 Å². The van der Waals surface area contributed by atoms with Gasteiger partial charge in [0.1, 0.15) is 0 Å². The first-order valence-corrected chi connectivity index (χ1v) is 3.36. The summed E-state index contributed by atoms with van der Waals surface area (Å²) >= 11 is 0. The molecule has 1 rings (SSSR count). The zero-order valence-corrected chi connectivity index (χ0v) is 6.70. The SMILES string of the molecule is O=c1cnc(C(F)(F)F)c(C(F)(F)F)[nH]1. The number of H-pyrrole nitrogens is 1. The molecule has 0 bridgehead atoms. The third-order valence-electron chi connectivity index (χ3n) is 1.35. The quantitative estimate of drug-likeness (QED) is 0.693. The maximum atomic E-state index is 12.0. The number of aromatic nitrogens is 2. The zero-order chi connectivity index (χ0) is 11.9. The Kier molecular flexibility index (Phi) is 2.49. The lowest BCUT2D eigenvalue weighted by atomic mass is 10.3. The molecule has 0 unspecified atom stereocenters. The topological polar surface area (TPSA) is 45.8 Å². The maximum Gasteiger partial charge on any atom is 0.435 e. The molecule has 1 heterocycles. The maximum absolute atomic E-state index is 12.0. The first kappa shape index (κ1) is 11.5. The van der Waals surface area contributed by atoms with Gasteiger partial charge in [-0.05, 0) is 0 Å². The summed E-state index contributed by atoms with van der Waals surface area (Å²) in [4.78, 5) is 13.9. The normalized spacial score (nSPS) is 12.9. The largest absolute Gasteiger partial charge is 0.435 e. The molecule has 0 atom stereocenters. The molecule has 0 fully saturated rings. The monoisotopic (exact) mass is 232 g/mol. The molecular formula is C6H2F6N2O. The molecule has 84 valence electrons. The van der Waals surface area contributed by atoms with Gasteiger partial charge in [0.25, 0.3) is 5.56 Å². The van der Waals surface area contributed by atoms with Crippen LogP contribution in [-0.2, 0) is 12.4 Å². The van der Waals surface area contributed by atoms with E-state index in [1.54, 1.807) is 0 Å². The van der Waals surface area contributed by atoms with E-state index >= 15 is 0 Å². The summed E-state index contributed by atoms with van der Waals surface area (Å²) in [5, 5.41) is 0. The zero-order valence-electron chi connectivity index (χ0n) is 6.70. The molecule has 1 aromatic rings. The molecule has 0 saturated heterocycles. The highest BCUT2D eigenvalue weighted by molar-refractivity contribution is 5.17. The molecule has 0 amide bonds. The minimum atomic E-state index is -5.31. The number of nitrogens with one attached hydrogen (secondary N) is 1. The van der Waals surface area contributed by atoms with Gasteiger partial charge in [-0.3, -0.25) is 4.79 Å². The van der Waals surface area contributed by atoms with E-state index in [1.807, 2.05) is 0 Å². The number of rotatable bonds is 0. The van der Waals surface area contributed by atoms with Crippen molar-refractivity contribution in [3.05, 3.63) is 27.9 Å². The minimum Gasteiger partial charge on any atom is -0.315 e. The third kappa shape index (κ3) is 2.48. The van der Waals surface area contributed by atoms with Crippen molar-refractivity contribution in [1.29, 1.82) is 0 Å². The number of hydrogen-bond donors (Lipinski definition) is 1. The second-order valence-electron chi connectivity index (χ2n) is 2.47. The number of alkyl halides is 6. The lowest BCUT2D eigenvalue weighted by molar-refractivity contribution is -0.167. The van der Waals surface area contributed by atoms with Crippen LogP contribution in [0.2, 0.25) is 0 Å². The summed E-state index contributed by atoms with van der Waals surface area (Å²) in [6.45, 7) is 0. The van der Waals surface area contributed by atoms with E-state index in [-0.39, 0.29) is 6.20 Å². The van der Waals surface area contributed by atoms with Crippen molar-refractivity contribution in [3.8, 4) is 0 Å². The van der Waals surface area contributed by atoms with Crippen molar-refractivity contribution < 1.29 is 26.3 Å². The molecule has 0 aliphatic heterocycles. The van der Waals surface area contributed by atoms with Gasteiger partial charge in [-0.2, -0.15) is 26.3 Å². The minimum absolute atomic E-state index is 0.137. The Morgan fingerprint density at radius 1 is 1.07 bits per heavy atom. The third-order valence-corrected chi connectivity index (χ3v) is 1.35. The van der Waals surface area contributed by atoms with Crippen LogP contribution in [0.25, 0.3) is 0 Å². The molecule has 15 heavy (non-hydrogen) atoms. The fraction of sp³-hybridized carbons (Fsp3) is 0.333. The summed E-state index contributed by atoms with van der Waals surface area (Å²) in [6.07, 6.45) is -10.4. The van der Waals surface area contributed by atoms with Crippen LogP contribution in [0.4, 0.5) is 26.3 Å². The van der Waals surface area contributed by atoms with E-state index in [1.165, 1.54) is 0 Å².